The van der Waals surface area contributed by atoms with Gasteiger partial charge in [-0.1, -0.05) is 0 Å². The summed E-state index contributed by atoms with van der Waals surface area (Å²) < 4.78 is 8.25. The first-order chi connectivity index (χ1) is 4.57. The molecular formula is C5H8O5. The van der Waals surface area contributed by atoms with Crippen LogP contribution in [0.15, 0.2) is 0 Å². The maximum atomic E-state index is 10.2. The number of carbonyl (C=O) groups excluding carboxylic acids is 1. The van der Waals surface area contributed by atoms with Crippen molar-refractivity contribution in [1.29, 1.82) is 0 Å². The molecule has 0 saturated heterocycles. The second-order valence-corrected chi connectivity index (χ2v) is 1.55. The number of rotatable bonds is 2. The van der Waals surface area contributed by atoms with Crippen LogP contribution in [0.2, 0.25) is 0 Å². The molecule has 0 aromatic carbocycles. The Balaban J connectivity index is 3.68. The van der Waals surface area contributed by atoms with Gasteiger partial charge in [0.2, 0.25) is 0 Å². The van der Waals surface area contributed by atoms with E-state index >= 15 is 0 Å². The highest BCUT2D eigenvalue weighted by atomic mass is 16.7. The van der Waals surface area contributed by atoms with Crippen molar-refractivity contribution in [1.82, 2.24) is 0 Å². The molecule has 0 aliphatic rings. The van der Waals surface area contributed by atoms with Crippen molar-refractivity contribution in [3.63, 3.8) is 0 Å². The van der Waals surface area contributed by atoms with Crippen molar-refractivity contribution in [2.45, 2.75) is 13.0 Å². The summed E-state index contributed by atoms with van der Waals surface area (Å²) in [7, 11) is 1.11. The average molecular weight is 148 g/mol. The Kier molecular flexibility index (Phi) is 3.24. The van der Waals surface area contributed by atoms with Gasteiger partial charge in [0.1, 0.15) is 0 Å². The van der Waals surface area contributed by atoms with Gasteiger partial charge in [0, 0.05) is 0 Å². The van der Waals surface area contributed by atoms with E-state index in [0.29, 0.717) is 0 Å². The van der Waals surface area contributed by atoms with Gasteiger partial charge in [-0.05, 0) is 6.92 Å². The highest BCUT2D eigenvalue weighted by molar-refractivity contribution is 5.74. The first-order valence-electron chi connectivity index (χ1n) is 2.55. The van der Waals surface area contributed by atoms with E-state index in [-0.39, 0.29) is 0 Å². The zero-order valence-electron chi connectivity index (χ0n) is 5.66. The van der Waals surface area contributed by atoms with Gasteiger partial charge in [0.05, 0.1) is 7.11 Å². The van der Waals surface area contributed by atoms with Gasteiger partial charge >= 0.3 is 12.1 Å². The normalized spacial score (nSPS) is 11.8. The second-order valence-electron chi connectivity index (χ2n) is 1.55. The second kappa shape index (κ2) is 3.71. The van der Waals surface area contributed by atoms with Gasteiger partial charge in [0.15, 0.2) is 6.10 Å². The standard InChI is InChI=1S/C5H8O5/c1-3(4(6)7)10-5(8)9-2/h3H,1-2H3,(H,6,7)/t3-/m1/s1. The van der Waals surface area contributed by atoms with E-state index in [1.165, 1.54) is 6.92 Å². The molecule has 0 aromatic rings. The van der Waals surface area contributed by atoms with Gasteiger partial charge in [-0.2, -0.15) is 0 Å². The Morgan fingerprint density at radius 3 is 2.30 bits per heavy atom. The van der Waals surface area contributed by atoms with E-state index in [1.54, 1.807) is 0 Å². The van der Waals surface area contributed by atoms with E-state index in [0.717, 1.165) is 7.11 Å². The lowest BCUT2D eigenvalue weighted by atomic mass is 10.4. The lowest BCUT2D eigenvalue weighted by molar-refractivity contribution is -0.146. The molecule has 0 fully saturated rings. The van der Waals surface area contributed by atoms with Crippen molar-refractivity contribution in [3.05, 3.63) is 0 Å². The van der Waals surface area contributed by atoms with Crippen LogP contribution in [-0.2, 0) is 14.3 Å². The molecule has 5 nitrogen and oxygen atoms in total. The summed E-state index contributed by atoms with van der Waals surface area (Å²) in [4.78, 5) is 20.2. The van der Waals surface area contributed by atoms with Crippen LogP contribution in [0.3, 0.4) is 0 Å². The number of carboxylic acid groups (broad SMARTS) is 1. The SMILES string of the molecule is COC(=O)O[C@H](C)C(=O)O. The first-order valence-corrected chi connectivity index (χ1v) is 2.55. The average Bonchev–Trinajstić information content (AvgIpc) is 1.87. The Morgan fingerprint density at radius 2 is 2.00 bits per heavy atom. The molecule has 0 bridgehead atoms. The molecule has 0 spiro atoms. The molecule has 0 amide bonds. The molecule has 1 N–H and O–H groups in total. The third-order valence-electron chi connectivity index (χ3n) is 0.787. The molecule has 0 aromatic heterocycles. The summed E-state index contributed by atoms with van der Waals surface area (Å²) in [6, 6.07) is 0. The topological polar surface area (TPSA) is 72.8 Å². The van der Waals surface area contributed by atoms with Crippen LogP contribution in [0.4, 0.5) is 4.79 Å². The fraction of sp³-hybridized carbons (Fsp3) is 0.600. The first kappa shape index (κ1) is 8.74. The summed E-state index contributed by atoms with van der Waals surface area (Å²) in [5, 5.41) is 8.19. The molecule has 10 heavy (non-hydrogen) atoms. The molecule has 0 aliphatic heterocycles. The van der Waals surface area contributed by atoms with Gasteiger partial charge in [-0.3, -0.25) is 0 Å². The predicted molar refractivity (Wildman–Crippen MR) is 30.6 cm³/mol. The van der Waals surface area contributed by atoms with Gasteiger partial charge in [-0.25, -0.2) is 9.59 Å². The third-order valence-corrected chi connectivity index (χ3v) is 0.787. The lowest BCUT2D eigenvalue weighted by Gasteiger charge is -2.05. The monoisotopic (exact) mass is 148 g/mol. The Hall–Kier alpha value is -1.26. The van der Waals surface area contributed by atoms with Gasteiger partial charge in [-0.15, -0.1) is 0 Å². The molecular weight excluding hydrogens is 140 g/mol. The van der Waals surface area contributed by atoms with E-state index < -0.39 is 18.2 Å². The maximum Gasteiger partial charge on any atom is 0.508 e. The maximum absolute atomic E-state index is 10.2. The molecule has 0 radical (unpaired) electrons. The smallest absolute Gasteiger partial charge is 0.479 e. The van der Waals surface area contributed by atoms with Crippen molar-refractivity contribution in [3.8, 4) is 0 Å². The van der Waals surface area contributed by atoms with Gasteiger partial charge < -0.3 is 14.6 Å². The number of aliphatic carboxylic acids is 1. The van der Waals surface area contributed by atoms with Crippen LogP contribution in [0.1, 0.15) is 6.92 Å². The molecule has 5 heteroatoms. The van der Waals surface area contributed by atoms with E-state index in [9.17, 15) is 9.59 Å². The molecule has 1 atom stereocenters. The van der Waals surface area contributed by atoms with Crippen molar-refractivity contribution >= 4 is 12.1 Å². The van der Waals surface area contributed by atoms with Crippen LogP contribution < -0.4 is 0 Å². The Morgan fingerprint density at radius 1 is 1.50 bits per heavy atom. The highest BCUT2D eigenvalue weighted by Gasteiger charge is 2.15. The molecule has 0 heterocycles. The van der Waals surface area contributed by atoms with E-state index in [1.807, 2.05) is 0 Å². The summed E-state index contributed by atoms with van der Waals surface area (Å²) >= 11 is 0. The van der Waals surface area contributed by atoms with Crippen molar-refractivity contribution in [2.24, 2.45) is 0 Å². The highest BCUT2D eigenvalue weighted by Crippen LogP contribution is 1.92. The zero-order chi connectivity index (χ0) is 8.15. The fourth-order valence-electron chi connectivity index (χ4n) is 0.243. The van der Waals surface area contributed by atoms with Crippen LogP contribution in [0.5, 0.6) is 0 Å². The third kappa shape index (κ3) is 2.91. The minimum absolute atomic E-state index is 0.991. The summed E-state index contributed by atoms with van der Waals surface area (Å²) in [6.45, 7) is 1.24. The minimum atomic E-state index is -1.20. The van der Waals surface area contributed by atoms with Crippen LogP contribution in [0.25, 0.3) is 0 Å². The number of carboxylic acids is 1. The molecule has 0 saturated carbocycles. The summed E-state index contributed by atoms with van der Waals surface area (Å²) in [5.74, 6) is -1.20. The Labute approximate surface area is 57.5 Å². The minimum Gasteiger partial charge on any atom is -0.479 e. The summed E-state index contributed by atoms with van der Waals surface area (Å²) in [6.07, 6.45) is -2.15. The zero-order valence-corrected chi connectivity index (χ0v) is 5.66. The van der Waals surface area contributed by atoms with Crippen LogP contribution >= 0.6 is 0 Å². The van der Waals surface area contributed by atoms with Gasteiger partial charge in [0.25, 0.3) is 0 Å². The number of hydrogen-bond acceptors (Lipinski definition) is 4. The molecule has 0 unspecified atom stereocenters. The number of carbonyl (C=O) groups is 2. The van der Waals surface area contributed by atoms with E-state index in [2.05, 4.69) is 9.47 Å². The quantitative estimate of drug-likeness (QED) is 0.568. The van der Waals surface area contributed by atoms with E-state index in [4.69, 9.17) is 5.11 Å². The predicted octanol–water partition coefficient (Wildman–Crippen LogP) is 0.242. The van der Waals surface area contributed by atoms with Crippen molar-refractivity contribution in [2.75, 3.05) is 7.11 Å². The fourth-order valence-corrected chi connectivity index (χ4v) is 0.243. The number of methoxy groups -OCH3 is 1. The van der Waals surface area contributed by atoms with Crippen LogP contribution in [0, 0.1) is 0 Å². The molecule has 0 aliphatic carbocycles. The lowest BCUT2D eigenvalue weighted by Crippen LogP contribution is -2.23. The van der Waals surface area contributed by atoms with Crippen molar-refractivity contribution < 1.29 is 24.2 Å². The summed E-state index contributed by atoms with van der Waals surface area (Å²) in [5.41, 5.74) is 0. The van der Waals surface area contributed by atoms with Crippen LogP contribution in [-0.4, -0.2) is 30.4 Å². The molecule has 58 valence electrons. The number of ether oxygens (including phenoxy) is 2. The largest absolute Gasteiger partial charge is 0.508 e. The number of hydrogen-bond donors (Lipinski definition) is 1. The Bertz CT molecular complexity index is 141. The molecule has 0 rings (SSSR count).